The van der Waals surface area contributed by atoms with E-state index in [0.29, 0.717) is 6.42 Å². The molecule has 0 aliphatic carbocycles. The third kappa shape index (κ3) is 2.60. The molecule has 1 aliphatic rings. The zero-order valence-corrected chi connectivity index (χ0v) is 11.0. The first kappa shape index (κ1) is 12.2. The summed E-state index contributed by atoms with van der Waals surface area (Å²) in [6, 6.07) is 7.62. The van der Waals surface area contributed by atoms with Gasteiger partial charge in [0.05, 0.1) is 35.3 Å². The molecular formula is C12H14N4O2S. The number of nitrogens with zero attached hydrogens (tertiary/aromatic N) is 3. The summed E-state index contributed by atoms with van der Waals surface area (Å²) in [5.74, 6) is 0.453. The highest BCUT2D eigenvalue weighted by Gasteiger charge is 2.28. The molecule has 1 aromatic carbocycles. The van der Waals surface area contributed by atoms with Crippen molar-refractivity contribution < 1.29 is 8.42 Å². The molecule has 0 saturated carbocycles. The molecule has 0 bridgehead atoms. The van der Waals surface area contributed by atoms with E-state index in [1.165, 1.54) is 0 Å². The van der Waals surface area contributed by atoms with Crippen LogP contribution in [0.4, 0.5) is 5.69 Å². The minimum absolute atomic E-state index is 0.0327. The van der Waals surface area contributed by atoms with Gasteiger partial charge in [0.25, 0.3) is 0 Å². The Labute approximate surface area is 111 Å². The molecule has 100 valence electrons. The van der Waals surface area contributed by atoms with Gasteiger partial charge in [-0.1, -0.05) is 17.3 Å². The molecule has 0 radical (unpaired) electrons. The molecule has 1 N–H and O–H groups in total. The molecule has 1 atom stereocenters. The number of rotatable bonds is 3. The molecule has 0 spiro atoms. The molecule has 1 saturated heterocycles. The number of para-hydroxylation sites is 2. The van der Waals surface area contributed by atoms with Crippen molar-refractivity contribution in [1.29, 1.82) is 0 Å². The van der Waals surface area contributed by atoms with Gasteiger partial charge in [0.15, 0.2) is 9.84 Å². The molecule has 1 aromatic heterocycles. The van der Waals surface area contributed by atoms with Crippen molar-refractivity contribution in [3.8, 4) is 5.69 Å². The lowest BCUT2D eigenvalue weighted by Gasteiger charge is -2.15. The quantitative estimate of drug-likeness (QED) is 0.901. The number of sulfone groups is 1. The van der Waals surface area contributed by atoms with Crippen molar-refractivity contribution >= 4 is 15.5 Å². The van der Waals surface area contributed by atoms with Gasteiger partial charge in [-0.25, -0.2) is 13.1 Å². The zero-order valence-electron chi connectivity index (χ0n) is 10.2. The van der Waals surface area contributed by atoms with Crippen molar-refractivity contribution in [1.82, 2.24) is 15.0 Å². The number of hydrogen-bond acceptors (Lipinski definition) is 5. The Balaban J connectivity index is 1.86. The van der Waals surface area contributed by atoms with Gasteiger partial charge < -0.3 is 5.32 Å². The van der Waals surface area contributed by atoms with Crippen LogP contribution in [0.2, 0.25) is 0 Å². The predicted molar refractivity (Wildman–Crippen MR) is 72.0 cm³/mol. The predicted octanol–water partition coefficient (Wildman–Crippen LogP) is 0.866. The van der Waals surface area contributed by atoms with E-state index in [1.54, 1.807) is 17.1 Å². The van der Waals surface area contributed by atoms with Gasteiger partial charge in [-0.05, 0) is 18.6 Å². The van der Waals surface area contributed by atoms with E-state index < -0.39 is 9.84 Å². The first-order chi connectivity index (χ1) is 9.14. The molecule has 7 heteroatoms. The molecule has 2 heterocycles. The fourth-order valence-corrected chi connectivity index (χ4v) is 3.93. The summed E-state index contributed by atoms with van der Waals surface area (Å²) in [5.41, 5.74) is 1.74. The summed E-state index contributed by atoms with van der Waals surface area (Å²) >= 11 is 0. The molecule has 0 amide bonds. The molecule has 1 fully saturated rings. The SMILES string of the molecule is O=S1(=O)CCC(Nc2ccccc2-n2ccnn2)C1. The van der Waals surface area contributed by atoms with Crippen molar-refractivity contribution in [2.45, 2.75) is 12.5 Å². The number of anilines is 1. The highest BCUT2D eigenvalue weighted by Crippen LogP contribution is 2.23. The third-order valence-corrected chi connectivity index (χ3v) is 4.93. The second-order valence-electron chi connectivity index (χ2n) is 4.61. The average molecular weight is 278 g/mol. The van der Waals surface area contributed by atoms with Gasteiger partial charge in [0.1, 0.15) is 0 Å². The molecule has 6 nitrogen and oxygen atoms in total. The van der Waals surface area contributed by atoms with Crippen LogP contribution in [0.5, 0.6) is 0 Å². The largest absolute Gasteiger partial charge is 0.380 e. The number of hydrogen-bond donors (Lipinski definition) is 1. The second kappa shape index (κ2) is 4.65. The van der Waals surface area contributed by atoms with Crippen LogP contribution < -0.4 is 5.32 Å². The van der Waals surface area contributed by atoms with Crippen molar-refractivity contribution in [2.24, 2.45) is 0 Å². The summed E-state index contributed by atoms with van der Waals surface area (Å²) in [7, 11) is -2.88. The van der Waals surface area contributed by atoms with Crippen molar-refractivity contribution in [2.75, 3.05) is 16.8 Å². The van der Waals surface area contributed by atoms with Crippen LogP contribution in [-0.4, -0.2) is 41.0 Å². The molecule has 2 aromatic rings. The lowest BCUT2D eigenvalue weighted by Crippen LogP contribution is -2.21. The van der Waals surface area contributed by atoms with E-state index >= 15 is 0 Å². The summed E-state index contributed by atoms with van der Waals surface area (Å²) < 4.78 is 24.6. The van der Waals surface area contributed by atoms with Crippen LogP contribution in [0.15, 0.2) is 36.7 Å². The minimum Gasteiger partial charge on any atom is -0.380 e. The highest BCUT2D eigenvalue weighted by atomic mass is 32.2. The van der Waals surface area contributed by atoms with Crippen LogP contribution in [0.1, 0.15) is 6.42 Å². The fourth-order valence-electron chi connectivity index (χ4n) is 2.26. The zero-order chi connectivity index (χ0) is 13.3. The van der Waals surface area contributed by atoms with Crippen LogP contribution >= 0.6 is 0 Å². The summed E-state index contributed by atoms with van der Waals surface area (Å²) in [4.78, 5) is 0. The van der Waals surface area contributed by atoms with Gasteiger partial charge in [0, 0.05) is 6.04 Å². The Morgan fingerprint density at radius 2 is 2.16 bits per heavy atom. The molecule has 3 rings (SSSR count). The van der Waals surface area contributed by atoms with E-state index in [2.05, 4.69) is 15.6 Å². The Morgan fingerprint density at radius 1 is 1.32 bits per heavy atom. The van der Waals surface area contributed by atoms with Crippen LogP contribution in [0.3, 0.4) is 0 Å². The number of benzene rings is 1. The first-order valence-electron chi connectivity index (χ1n) is 6.07. The van der Waals surface area contributed by atoms with Crippen LogP contribution in [-0.2, 0) is 9.84 Å². The maximum absolute atomic E-state index is 11.5. The van der Waals surface area contributed by atoms with E-state index in [4.69, 9.17) is 0 Å². The van der Waals surface area contributed by atoms with Gasteiger partial charge >= 0.3 is 0 Å². The van der Waals surface area contributed by atoms with Crippen LogP contribution in [0, 0.1) is 0 Å². The fraction of sp³-hybridized carbons (Fsp3) is 0.333. The molecule has 1 unspecified atom stereocenters. The monoisotopic (exact) mass is 278 g/mol. The maximum atomic E-state index is 11.5. The maximum Gasteiger partial charge on any atom is 0.152 e. The standard InChI is InChI=1S/C12H14N4O2S/c17-19(18)8-5-10(9-19)14-11-3-1-2-4-12(11)16-7-6-13-15-16/h1-4,6-7,10,14H,5,8-9H2. The first-order valence-corrected chi connectivity index (χ1v) is 7.89. The van der Waals surface area contributed by atoms with Gasteiger partial charge in [0.2, 0.25) is 0 Å². The minimum atomic E-state index is -2.88. The molecule has 19 heavy (non-hydrogen) atoms. The Kier molecular flexibility index (Phi) is 2.98. The Bertz CT molecular complexity index is 667. The van der Waals surface area contributed by atoms with Gasteiger partial charge in [-0.2, -0.15) is 0 Å². The third-order valence-electron chi connectivity index (χ3n) is 3.17. The normalized spacial score (nSPS) is 21.4. The highest BCUT2D eigenvalue weighted by molar-refractivity contribution is 7.91. The molecule has 1 aliphatic heterocycles. The van der Waals surface area contributed by atoms with E-state index in [9.17, 15) is 8.42 Å². The van der Waals surface area contributed by atoms with E-state index in [-0.39, 0.29) is 17.5 Å². The lowest BCUT2D eigenvalue weighted by atomic mass is 10.2. The second-order valence-corrected chi connectivity index (χ2v) is 6.84. The van der Waals surface area contributed by atoms with Crippen molar-refractivity contribution in [3.63, 3.8) is 0 Å². The lowest BCUT2D eigenvalue weighted by molar-refractivity contribution is 0.602. The average Bonchev–Trinajstić information content (AvgIpc) is 3.00. The number of aromatic nitrogens is 3. The molecular weight excluding hydrogens is 264 g/mol. The Morgan fingerprint density at radius 3 is 2.84 bits per heavy atom. The van der Waals surface area contributed by atoms with Gasteiger partial charge in [-0.15, -0.1) is 5.10 Å². The van der Waals surface area contributed by atoms with Crippen molar-refractivity contribution in [3.05, 3.63) is 36.7 Å². The van der Waals surface area contributed by atoms with E-state index in [0.717, 1.165) is 11.4 Å². The van der Waals surface area contributed by atoms with Gasteiger partial charge in [-0.3, -0.25) is 0 Å². The summed E-state index contributed by atoms with van der Waals surface area (Å²) in [6.45, 7) is 0. The smallest absolute Gasteiger partial charge is 0.152 e. The topological polar surface area (TPSA) is 76.9 Å². The Hall–Kier alpha value is -1.89. The van der Waals surface area contributed by atoms with Crippen LogP contribution in [0.25, 0.3) is 5.69 Å². The number of nitrogens with one attached hydrogen (secondary N) is 1. The van der Waals surface area contributed by atoms with E-state index in [1.807, 2.05) is 24.3 Å². The summed E-state index contributed by atoms with van der Waals surface area (Å²) in [5, 5.41) is 11.0. The summed E-state index contributed by atoms with van der Waals surface area (Å²) in [6.07, 6.45) is 4.01.